The van der Waals surface area contributed by atoms with Gasteiger partial charge in [-0.05, 0) is 31.2 Å². The van der Waals surface area contributed by atoms with Gasteiger partial charge in [-0.2, -0.15) is 0 Å². The van der Waals surface area contributed by atoms with Gasteiger partial charge in [0.15, 0.2) is 0 Å². The molecule has 0 aliphatic heterocycles. The molecule has 7 heteroatoms. The zero-order chi connectivity index (χ0) is 13.6. The highest BCUT2D eigenvalue weighted by atomic mass is 35.5. The van der Waals surface area contributed by atoms with Crippen LogP contribution in [0.15, 0.2) is 23.1 Å². The van der Waals surface area contributed by atoms with Gasteiger partial charge in [0.25, 0.3) is 0 Å². The standard InChI is InChI=1S/C11H16ClFN2O2S/c1-2-5-14-6-7-15-18(16,17)11-8-9(13)3-4-10(11)12/h3-4,8,14-15H,2,5-7H2,1H3. The van der Waals surface area contributed by atoms with Gasteiger partial charge < -0.3 is 5.32 Å². The highest BCUT2D eigenvalue weighted by Gasteiger charge is 2.17. The lowest BCUT2D eigenvalue weighted by Crippen LogP contribution is -2.32. The molecule has 0 bridgehead atoms. The molecule has 1 aromatic carbocycles. The number of hydrogen-bond acceptors (Lipinski definition) is 3. The minimum atomic E-state index is -3.76. The van der Waals surface area contributed by atoms with Crippen LogP contribution in [0.2, 0.25) is 5.02 Å². The van der Waals surface area contributed by atoms with Crippen molar-refractivity contribution < 1.29 is 12.8 Å². The van der Waals surface area contributed by atoms with Crippen molar-refractivity contribution >= 4 is 21.6 Å². The second-order valence-electron chi connectivity index (χ2n) is 3.72. The number of hydrogen-bond donors (Lipinski definition) is 2. The predicted molar refractivity (Wildman–Crippen MR) is 69.8 cm³/mol. The van der Waals surface area contributed by atoms with Crippen LogP contribution in [0.4, 0.5) is 4.39 Å². The fourth-order valence-electron chi connectivity index (χ4n) is 1.34. The average molecular weight is 295 g/mol. The Morgan fingerprint density at radius 3 is 2.67 bits per heavy atom. The largest absolute Gasteiger partial charge is 0.315 e. The van der Waals surface area contributed by atoms with E-state index in [9.17, 15) is 12.8 Å². The van der Waals surface area contributed by atoms with Crippen molar-refractivity contribution in [2.24, 2.45) is 0 Å². The Balaban J connectivity index is 2.66. The maximum Gasteiger partial charge on any atom is 0.242 e. The summed E-state index contributed by atoms with van der Waals surface area (Å²) in [4.78, 5) is -0.236. The highest BCUT2D eigenvalue weighted by Crippen LogP contribution is 2.21. The third kappa shape index (κ3) is 4.53. The first-order valence-electron chi connectivity index (χ1n) is 5.63. The van der Waals surface area contributed by atoms with Crippen LogP contribution >= 0.6 is 11.6 Å². The Morgan fingerprint density at radius 2 is 2.00 bits per heavy atom. The van der Waals surface area contributed by atoms with Gasteiger partial charge >= 0.3 is 0 Å². The Labute approximate surface area is 112 Å². The lowest BCUT2D eigenvalue weighted by molar-refractivity contribution is 0.572. The van der Waals surface area contributed by atoms with E-state index in [-0.39, 0.29) is 16.5 Å². The van der Waals surface area contributed by atoms with Gasteiger partial charge in [-0.15, -0.1) is 0 Å². The molecule has 0 amide bonds. The normalized spacial score (nSPS) is 11.7. The van der Waals surface area contributed by atoms with Crippen LogP contribution in [0.5, 0.6) is 0 Å². The smallest absolute Gasteiger partial charge is 0.242 e. The summed E-state index contributed by atoms with van der Waals surface area (Å²) >= 11 is 5.74. The van der Waals surface area contributed by atoms with Crippen molar-refractivity contribution in [3.05, 3.63) is 29.0 Å². The molecule has 0 fully saturated rings. The molecule has 0 saturated heterocycles. The summed E-state index contributed by atoms with van der Waals surface area (Å²) in [7, 11) is -3.76. The molecule has 0 aromatic heterocycles. The summed E-state index contributed by atoms with van der Waals surface area (Å²) in [5.74, 6) is -0.635. The van der Waals surface area contributed by atoms with Crippen molar-refractivity contribution in [1.29, 1.82) is 0 Å². The van der Waals surface area contributed by atoms with Gasteiger partial charge in [0.2, 0.25) is 10.0 Å². The lowest BCUT2D eigenvalue weighted by atomic mass is 10.3. The molecule has 18 heavy (non-hydrogen) atoms. The third-order valence-electron chi connectivity index (χ3n) is 2.20. The number of halogens is 2. The molecule has 0 aliphatic rings. The molecular formula is C11H16ClFN2O2S. The summed E-state index contributed by atoms with van der Waals surface area (Å²) in [6.45, 7) is 3.58. The summed E-state index contributed by atoms with van der Waals surface area (Å²) in [5, 5.41) is 3.06. The van der Waals surface area contributed by atoms with E-state index >= 15 is 0 Å². The number of nitrogens with one attached hydrogen (secondary N) is 2. The Hall–Kier alpha value is -0.690. The molecule has 0 saturated carbocycles. The van der Waals surface area contributed by atoms with Crippen LogP contribution in [-0.4, -0.2) is 28.1 Å². The topological polar surface area (TPSA) is 58.2 Å². The first-order chi connectivity index (χ1) is 8.47. The minimum absolute atomic E-state index is 0.00502. The van der Waals surface area contributed by atoms with Gasteiger partial charge in [-0.1, -0.05) is 18.5 Å². The molecule has 1 rings (SSSR count). The van der Waals surface area contributed by atoms with E-state index in [1.807, 2.05) is 6.92 Å². The van der Waals surface area contributed by atoms with E-state index in [1.165, 1.54) is 6.07 Å². The second-order valence-corrected chi connectivity index (χ2v) is 5.87. The molecule has 0 atom stereocenters. The number of benzene rings is 1. The molecular weight excluding hydrogens is 279 g/mol. The van der Waals surface area contributed by atoms with Crippen molar-refractivity contribution in [1.82, 2.24) is 10.0 Å². The average Bonchev–Trinajstić information content (AvgIpc) is 2.32. The SMILES string of the molecule is CCCNCCNS(=O)(=O)c1cc(F)ccc1Cl. The lowest BCUT2D eigenvalue weighted by Gasteiger charge is -2.08. The van der Waals surface area contributed by atoms with Crippen molar-refractivity contribution in [2.45, 2.75) is 18.2 Å². The first kappa shape index (κ1) is 15.4. The maximum atomic E-state index is 13.0. The summed E-state index contributed by atoms with van der Waals surface area (Å²) < 4.78 is 39.1. The highest BCUT2D eigenvalue weighted by molar-refractivity contribution is 7.89. The van der Waals surface area contributed by atoms with Gasteiger partial charge in [0, 0.05) is 13.1 Å². The number of rotatable bonds is 7. The fraction of sp³-hybridized carbons (Fsp3) is 0.455. The van der Waals surface area contributed by atoms with Gasteiger partial charge in [0.05, 0.1) is 5.02 Å². The van der Waals surface area contributed by atoms with Crippen LogP contribution in [0, 0.1) is 5.82 Å². The van der Waals surface area contributed by atoms with Crippen LogP contribution < -0.4 is 10.0 Å². The number of sulfonamides is 1. The Kier molecular flexibility index (Phi) is 6.01. The van der Waals surface area contributed by atoms with E-state index in [1.54, 1.807) is 0 Å². The summed E-state index contributed by atoms with van der Waals surface area (Å²) in [6.07, 6.45) is 0.975. The van der Waals surface area contributed by atoms with E-state index in [4.69, 9.17) is 11.6 Å². The minimum Gasteiger partial charge on any atom is -0.315 e. The second kappa shape index (κ2) is 7.04. The van der Waals surface area contributed by atoms with Crippen molar-refractivity contribution in [3.63, 3.8) is 0 Å². The van der Waals surface area contributed by atoms with Crippen molar-refractivity contribution in [3.8, 4) is 0 Å². The monoisotopic (exact) mass is 294 g/mol. The maximum absolute atomic E-state index is 13.0. The molecule has 1 aromatic rings. The third-order valence-corrected chi connectivity index (χ3v) is 4.15. The van der Waals surface area contributed by atoms with E-state index in [0.29, 0.717) is 6.54 Å². The van der Waals surface area contributed by atoms with Crippen LogP contribution in [0.3, 0.4) is 0 Å². The fourth-order valence-corrected chi connectivity index (χ4v) is 2.88. The Morgan fingerprint density at radius 1 is 1.28 bits per heavy atom. The van der Waals surface area contributed by atoms with Gasteiger partial charge in [-0.25, -0.2) is 17.5 Å². The van der Waals surface area contributed by atoms with E-state index < -0.39 is 15.8 Å². The van der Waals surface area contributed by atoms with E-state index in [2.05, 4.69) is 10.0 Å². The first-order valence-corrected chi connectivity index (χ1v) is 7.49. The van der Waals surface area contributed by atoms with Gasteiger partial charge in [-0.3, -0.25) is 0 Å². The predicted octanol–water partition coefficient (Wildman–Crippen LogP) is 1.76. The van der Waals surface area contributed by atoms with Crippen LogP contribution in [-0.2, 0) is 10.0 Å². The van der Waals surface area contributed by atoms with E-state index in [0.717, 1.165) is 25.1 Å². The quantitative estimate of drug-likeness (QED) is 0.754. The Bertz CT molecular complexity index is 494. The zero-order valence-electron chi connectivity index (χ0n) is 10.0. The molecule has 4 nitrogen and oxygen atoms in total. The summed E-state index contributed by atoms with van der Waals surface area (Å²) in [5.41, 5.74) is 0. The molecule has 0 radical (unpaired) electrons. The molecule has 102 valence electrons. The molecule has 0 heterocycles. The van der Waals surface area contributed by atoms with Crippen LogP contribution in [0.1, 0.15) is 13.3 Å². The van der Waals surface area contributed by atoms with Gasteiger partial charge in [0.1, 0.15) is 10.7 Å². The zero-order valence-corrected chi connectivity index (χ0v) is 11.6. The van der Waals surface area contributed by atoms with Crippen LogP contribution in [0.25, 0.3) is 0 Å². The van der Waals surface area contributed by atoms with Crippen molar-refractivity contribution in [2.75, 3.05) is 19.6 Å². The molecule has 2 N–H and O–H groups in total. The molecule has 0 spiro atoms. The summed E-state index contributed by atoms with van der Waals surface area (Å²) in [6, 6.07) is 3.25. The molecule has 0 unspecified atom stereocenters. The molecule has 0 aliphatic carbocycles.